The van der Waals surface area contributed by atoms with Crippen molar-refractivity contribution >= 4 is 0 Å². The number of methoxy groups -OCH3 is 1. The highest BCUT2D eigenvalue weighted by Crippen LogP contribution is 2.48. The zero-order chi connectivity index (χ0) is 14.9. The number of ether oxygens (including phenoxy) is 1. The van der Waals surface area contributed by atoms with E-state index >= 15 is 0 Å². The third-order valence-corrected chi connectivity index (χ3v) is 4.69. The number of dihydropyridines is 1. The van der Waals surface area contributed by atoms with Crippen molar-refractivity contribution in [1.29, 1.82) is 5.26 Å². The van der Waals surface area contributed by atoms with E-state index < -0.39 is 5.41 Å². The van der Waals surface area contributed by atoms with Gasteiger partial charge in [-0.25, -0.2) is 0 Å². The molecule has 4 nitrogen and oxygen atoms in total. The van der Waals surface area contributed by atoms with Crippen LogP contribution in [0.15, 0.2) is 23.4 Å². The van der Waals surface area contributed by atoms with Crippen LogP contribution in [0.5, 0.6) is 0 Å². The molecule has 20 heavy (non-hydrogen) atoms. The minimum atomic E-state index is -0.510. The lowest BCUT2D eigenvalue weighted by Gasteiger charge is -2.43. The maximum absolute atomic E-state index is 10.1. The van der Waals surface area contributed by atoms with Crippen molar-refractivity contribution < 1.29 is 9.84 Å². The van der Waals surface area contributed by atoms with Crippen molar-refractivity contribution in [3.63, 3.8) is 0 Å². The summed E-state index contributed by atoms with van der Waals surface area (Å²) in [7, 11) is 1.65. The second-order valence-electron chi connectivity index (χ2n) is 6.25. The van der Waals surface area contributed by atoms with Gasteiger partial charge >= 0.3 is 0 Å². The molecule has 4 heteroatoms. The fourth-order valence-corrected chi connectivity index (χ4v) is 3.66. The molecule has 0 spiro atoms. The first-order valence-corrected chi connectivity index (χ1v) is 7.21. The summed E-state index contributed by atoms with van der Waals surface area (Å²) in [6.45, 7) is 6.05. The molecule has 2 N–H and O–H groups in total. The number of nitrogens with one attached hydrogen (secondary N) is 1. The minimum Gasteiger partial charge on any atom is -0.393 e. The third kappa shape index (κ3) is 2.48. The number of nitrogens with zero attached hydrogens (tertiary/aromatic N) is 1. The molecule has 0 amide bonds. The first-order chi connectivity index (χ1) is 9.43. The van der Waals surface area contributed by atoms with Gasteiger partial charge in [0.1, 0.15) is 6.23 Å². The highest BCUT2D eigenvalue weighted by molar-refractivity contribution is 5.40. The molecule has 0 aromatic rings. The van der Waals surface area contributed by atoms with Crippen LogP contribution in [0.4, 0.5) is 0 Å². The normalized spacial score (nSPS) is 41.2. The van der Waals surface area contributed by atoms with Gasteiger partial charge in [-0.05, 0) is 43.3 Å². The second kappa shape index (κ2) is 5.59. The summed E-state index contributed by atoms with van der Waals surface area (Å²) >= 11 is 0. The maximum Gasteiger partial charge on any atom is 0.146 e. The SMILES string of the molecule is COC1C=CC(C2(C#N)C[C@@H](C)C(O)[C@H](C)C2)=C(C)N1. The number of aliphatic hydroxyl groups is 1. The highest BCUT2D eigenvalue weighted by Gasteiger charge is 2.45. The lowest BCUT2D eigenvalue weighted by molar-refractivity contribution is 0.00211. The van der Waals surface area contributed by atoms with Crippen LogP contribution in [0.2, 0.25) is 0 Å². The molecule has 3 atom stereocenters. The summed E-state index contributed by atoms with van der Waals surface area (Å²) in [6.07, 6.45) is 4.92. The van der Waals surface area contributed by atoms with E-state index in [4.69, 9.17) is 4.74 Å². The van der Waals surface area contributed by atoms with Gasteiger partial charge in [-0.2, -0.15) is 5.26 Å². The van der Waals surface area contributed by atoms with E-state index in [9.17, 15) is 10.4 Å². The van der Waals surface area contributed by atoms with Gasteiger partial charge in [0.2, 0.25) is 0 Å². The molecule has 1 saturated carbocycles. The monoisotopic (exact) mass is 276 g/mol. The molecule has 110 valence electrons. The zero-order valence-corrected chi connectivity index (χ0v) is 12.7. The number of hydrogen-bond acceptors (Lipinski definition) is 4. The highest BCUT2D eigenvalue weighted by atomic mass is 16.5. The van der Waals surface area contributed by atoms with Crippen molar-refractivity contribution in [3.8, 4) is 6.07 Å². The molecular weight excluding hydrogens is 252 g/mol. The molecule has 1 fully saturated rings. The van der Waals surface area contributed by atoms with E-state index in [2.05, 4.69) is 11.4 Å². The third-order valence-electron chi connectivity index (χ3n) is 4.69. The average Bonchev–Trinajstić information content (AvgIpc) is 2.44. The molecule has 0 saturated heterocycles. The molecule has 0 aromatic carbocycles. The van der Waals surface area contributed by atoms with E-state index in [1.807, 2.05) is 32.9 Å². The molecule has 2 rings (SSSR count). The summed E-state index contributed by atoms with van der Waals surface area (Å²) in [5.74, 6) is 0.263. The van der Waals surface area contributed by atoms with Crippen molar-refractivity contribution in [2.75, 3.05) is 7.11 Å². The molecule has 0 bridgehead atoms. The van der Waals surface area contributed by atoms with E-state index in [1.165, 1.54) is 0 Å². The summed E-state index contributed by atoms with van der Waals surface area (Å²) in [5, 5.41) is 23.2. The summed E-state index contributed by atoms with van der Waals surface area (Å²) in [4.78, 5) is 0. The molecule has 0 radical (unpaired) electrons. The van der Waals surface area contributed by atoms with E-state index in [-0.39, 0.29) is 24.2 Å². The topological polar surface area (TPSA) is 65.3 Å². The van der Waals surface area contributed by atoms with Crippen molar-refractivity contribution in [3.05, 3.63) is 23.4 Å². The van der Waals surface area contributed by atoms with Gasteiger partial charge in [0.15, 0.2) is 0 Å². The Morgan fingerprint density at radius 3 is 2.45 bits per heavy atom. The number of nitriles is 1. The first-order valence-electron chi connectivity index (χ1n) is 7.21. The maximum atomic E-state index is 10.1. The van der Waals surface area contributed by atoms with Crippen molar-refractivity contribution in [2.24, 2.45) is 17.3 Å². The van der Waals surface area contributed by atoms with Gasteiger partial charge in [0, 0.05) is 12.8 Å². The Balaban J connectivity index is 2.34. The molecule has 2 aliphatic rings. The van der Waals surface area contributed by atoms with Crippen LogP contribution in [-0.2, 0) is 4.74 Å². The minimum absolute atomic E-state index is 0.126. The van der Waals surface area contributed by atoms with Gasteiger partial charge in [0.25, 0.3) is 0 Å². The Hall–Kier alpha value is -1.31. The summed E-state index contributed by atoms with van der Waals surface area (Å²) in [5.41, 5.74) is 1.53. The van der Waals surface area contributed by atoms with Gasteiger partial charge < -0.3 is 15.2 Å². The van der Waals surface area contributed by atoms with Gasteiger partial charge in [-0.1, -0.05) is 19.9 Å². The van der Waals surface area contributed by atoms with Crippen LogP contribution in [0, 0.1) is 28.6 Å². The summed E-state index contributed by atoms with van der Waals surface area (Å²) in [6, 6.07) is 2.53. The van der Waals surface area contributed by atoms with Crippen LogP contribution < -0.4 is 5.32 Å². The Kier molecular flexibility index (Phi) is 4.22. The quantitative estimate of drug-likeness (QED) is 0.812. The Bertz CT molecular complexity index is 463. The standard InChI is InChI=1S/C16H24N2O2/c1-10-7-16(9-17,8-11(2)15(10)19)13-5-6-14(20-4)18-12(13)3/h5-6,10-11,14-15,18-19H,7-8H2,1-4H3/t10-,11-,14?,15?,16?/m1/s1. The first kappa shape index (κ1) is 15.1. The average molecular weight is 276 g/mol. The number of aliphatic hydroxyl groups excluding tert-OH is 1. The number of allylic oxidation sites excluding steroid dienone is 3. The second-order valence-corrected chi connectivity index (χ2v) is 6.25. The van der Waals surface area contributed by atoms with Crippen LogP contribution in [0.25, 0.3) is 0 Å². The molecule has 1 aliphatic carbocycles. The van der Waals surface area contributed by atoms with E-state index in [1.54, 1.807) is 7.11 Å². The van der Waals surface area contributed by atoms with E-state index in [0.717, 1.165) is 11.3 Å². The Labute approximate surface area is 121 Å². The zero-order valence-electron chi connectivity index (χ0n) is 12.7. The predicted octanol–water partition coefficient (Wildman–Crippen LogP) is 2.33. The Morgan fingerprint density at radius 1 is 1.40 bits per heavy atom. The van der Waals surface area contributed by atoms with Gasteiger partial charge in [0.05, 0.1) is 17.6 Å². The van der Waals surface area contributed by atoms with Crippen molar-refractivity contribution in [2.45, 2.75) is 45.9 Å². The smallest absolute Gasteiger partial charge is 0.146 e. The fraction of sp³-hybridized carbons (Fsp3) is 0.688. The number of hydrogen-bond donors (Lipinski definition) is 2. The van der Waals surface area contributed by atoms with Crippen molar-refractivity contribution in [1.82, 2.24) is 5.32 Å². The van der Waals surface area contributed by atoms with Crippen LogP contribution in [0.1, 0.15) is 33.6 Å². The van der Waals surface area contributed by atoms with Crippen LogP contribution in [-0.4, -0.2) is 24.5 Å². The summed E-state index contributed by atoms with van der Waals surface area (Å²) < 4.78 is 5.27. The van der Waals surface area contributed by atoms with Crippen LogP contribution >= 0.6 is 0 Å². The predicted molar refractivity (Wildman–Crippen MR) is 77.4 cm³/mol. The fourth-order valence-electron chi connectivity index (χ4n) is 3.66. The van der Waals surface area contributed by atoms with Gasteiger partial charge in [-0.15, -0.1) is 0 Å². The molecule has 1 aliphatic heterocycles. The van der Waals surface area contributed by atoms with Crippen LogP contribution in [0.3, 0.4) is 0 Å². The number of rotatable bonds is 2. The van der Waals surface area contributed by atoms with Gasteiger partial charge in [-0.3, -0.25) is 0 Å². The molecule has 0 aromatic heterocycles. The molecular formula is C16H24N2O2. The molecule has 1 unspecified atom stereocenters. The Morgan fingerprint density at radius 2 is 2.00 bits per heavy atom. The largest absolute Gasteiger partial charge is 0.393 e. The lowest BCUT2D eigenvalue weighted by Crippen LogP contribution is -2.43. The van der Waals surface area contributed by atoms with E-state index in [0.29, 0.717) is 12.8 Å². The molecule has 1 heterocycles. The lowest BCUT2D eigenvalue weighted by atomic mass is 9.61.